The molecule has 36 heavy (non-hydrogen) atoms. The fraction of sp³-hybridized carbons (Fsp3) is 0.500. The number of carbonyl (C=O) groups is 2. The van der Waals surface area contributed by atoms with Crippen LogP contribution < -0.4 is 28.2 Å². The van der Waals surface area contributed by atoms with Gasteiger partial charge in [-0.2, -0.15) is 4.98 Å². The first-order chi connectivity index (χ1) is 17.1. The molecular formula is C24H35N9O3. The van der Waals surface area contributed by atoms with Crippen LogP contribution in [0.2, 0.25) is 0 Å². The van der Waals surface area contributed by atoms with Crippen molar-refractivity contribution in [3.05, 3.63) is 52.6 Å². The smallest absolute Gasteiger partial charge is 0.336 e. The molecule has 3 amide bonds. The minimum Gasteiger partial charge on any atom is -0.336 e. The Morgan fingerprint density at radius 2 is 1.83 bits per heavy atom. The van der Waals surface area contributed by atoms with E-state index in [9.17, 15) is 14.4 Å². The molecule has 12 heteroatoms. The van der Waals surface area contributed by atoms with Crippen LogP contribution in [-0.4, -0.2) is 93.7 Å². The quantitative estimate of drug-likeness (QED) is 0.373. The Balaban J connectivity index is 1.34. The van der Waals surface area contributed by atoms with E-state index in [4.69, 9.17) is 17.2 Å². The molecule has 0 radical (unpaired) electrons. The summed E-state index contributed by atoms with van der Waals surface area (Å²) in [5.74, 6) is -0.199. The average molecular weight is 498 g/mol. The van der Waals surface area contributed by atoms with Crippen molar-refractivity contribution in [2.45, 2.75) is 31.5 Å². The Morgan fingerprint density at radius 3 is 2.47 bits per heavy atom. The van der Waals surface area contributed by atoms with Gasteiger partial charge in [0.2, 0.25) is 0 Å². The van der Waals surface area contributed by atoms with Gasteiger partial charge in [0.15, 0.2) is 0 Å². The number of hydrogen-bond acceptors (Lipinski definition) is 8. The molecular weight excluding hydrogens is 462 g/mol. The summed E-state index contributed by atoms with van der Waals surface area (Å²) in [6.07, 6.45) is 3.50. The van der Waals surface area contributed by atoms with Crippen LogP contribution in [0.25, 0.3) is 5.69 Å². The van der Waals surface area contributed by atoms with Gasteiger partial charge in [0, 0.05) is 51.5 Å². The number of rotatable bonds is 6. The third kappa shape index (κ3) is 6.26. The first kappa shape index (κ1) is 25.8. The fourth-order valence-electron chi connectivity index (χ4n) is 4.53. The van der Waals surface area contributed by atoms with Gasteiger partial charge in [-0.1, -0.05) is 12.1 Å². The van der Waals surface area contributed by atoms with Crippen molar-refractivity contribution in [1.29, 1.82) is 0 Å². The number of anilines is 1. The Kier molecular flexibility index (Phi) is 7.69. The lowest BCUT2D eigenvalue weighted by molar-refractivity contribution is -0.137. The summed E-state index contributed by atoms with van der Waals surface area (Å²) in [5, 5.41) is 2.67. The van der Waals surface area contributed by atoms with Gasteiger partial charge in [-0.15, -0.1) is 0 Å². The summed E-state index contributed by atoms with van der Waals surface area (Å²) in [7, 11) is 0. The van der Waals surface area contributed by atoms with Gasteiger partial charge < -0.3 is 31.9 Å². The maximum atomic E-state index is 12.7. The molecule has 1 atom stereocenters. The largest absolute Gasteiger partial charge is 0.354 e. The number of urea groups is 1. The molecule has 2 fully saturated rings. The molecule has 2 aliphatic heterocycles. The van der Waals surface area contributed by atoms with Crippen molar-refractivity contribution in [2.75, 3.05) is 51.1 Å². The summed E-state index contributed by atoms with van der Waals surface area (Å²) in [6.45, 7) is 5.61. The summed E-state index contributed by atoms with van der Waals surface area (Å²) in [4.78, 5) is 47.1. The van der Waals surface area contributed by atoms with Gasteiger partial charge in [0.1, 0.15) is 11.5 Å². The number of nitrogens with two attached hydrogens (primary N) is 3. The van der Waals surface area contributed by atoms with Crippen molar-refractivity contribution < 1.29 is 9.59 Å². The Hall–Kier alpha value is -3.32. The van der Waals surface area contributed by atoms with Crippen LogP contribution in [0.4, 0.5) is 10.6 Å². The molecule has 12 nitrogen and oxygen atoms in total. The maximum absolute atomic E-state index is 12.7. The van der Waals surface area contributed by atoms with Gasteiger partial charge in [-0.05, 0) is 50.1 Å². The molecule has 2 aliphatic rings. The topological polar surface area (TPSA) is 169 Å². The number of hydrogen-bond donors (Lipinski definition) is 4. The molecule has 194 valence electrons. The first-order valence-corrected chi connectivity index (χ1v) is 12.2. The van der Waals surface area contributed by atoms with Crippen LogP contribution in [0.1, 0.15) is 18.9 Å². The zero-order chi connectivity index (χ0) is 25.9. The zero-order valence-corrected chi connectivity index (χ0v) is 20.6. The molecule has 1 aromatic carbocycles. The number of amides is 3. The summed E-state index contributed by atoms with van der Waals surface area (Å²) < 4.78 is 1.45. The highest BCUT2D eigenvalue weighted by atomic mass is 16.2. The second-order valence-corrected chi connectivity index (χ2v) is 9.73. The number of likely N-dealkylation sites (tertiary alicyclic amines) is 1. The number of benzene rings is 1. The van der Waals surface area contributed by atoms with E-state index in [-0.39, 0.29) is 17.8 Å². The molecule has 3 heterocycles. The lowest BCUT2D eigenvalue weighted by Crippen LogP contribution is -2.63. The number of nitrogens with one attached hydrogen (secondary N) is 1. The molecule has 0 bridgehead atoms. The molecule has 0 unspecified atom stereocenters. The van der Waals surface area contributed by atoms with E-state index in [1.165, 1.54) is 16.4 Å². The first-order valence-electron chi connectivity index (χ1n) is 12.2. The standard InChI is InChI=1S/C24H35N9O3/c1-24(26,27)21(34)31-11-13-32(14-12-31)22(35)28-20-7-10-33(23(36)29-20)19-4-2-3-17(15-19)5-8-30-9-6-18(25)16-30/h2-4,7,10,15,18H,5-6,8-9,11-14,16,25-27H2,1H3,(H,28,29,35,36)/t18-/m0/s1. The summed E-state index contributed by atoms with van der Waals surface area (Å²) >= 11 is 0. The van der Waals surface area contributed by atoms with Crippen LogP contribution >= 0.6 is 0 Å². The second-order valence-electron chi connectivity index (χ2n) is 9.73. The third-order valence-electron chi connectivity index (χ3n) is 6.57. The van der Waals surface area contributed by atoms with Crippen LogP contribution in [-0.2, 0) is 11.2 Å². The van der Waals surface area contributed by atoms with Gasteiger partial charge in [0.05, 0.1) is 5.69 Å². The van der Waals surface area contributed by atoms with E-state index in [1.807, 2.05) is 24.3 Å². The Labute approximate surface area is 210 Å². The van der Waals surface area contributed by atoms with E-state index >= 15 is 0 Å². The average Bonchev–Trinajstić information content (AvgIpc) is 3.27. The lowest BCUT2D eigenvalue weighted by atomic mass is 10.1. The van der Waals surface area contributed by atoms with Crippen molar-refractivity contribution in [3.8, 4) is 5.69 Å². The number of piperazine rings is 1. The molecule has 2 saturated heterocycles. The summed E-state index contributed by atoms with van der Waals surface area (Å²) in [6, 6.07) is 9.25. The monoisotopic (exact) mass is 497 g/mol. The third-order valence-corrected chi connectivity index (χ3v) is 6.57. The van der Waals surface area contributed by atoms with Crippen LogP contribution in [0.15, 0.2) is 41.3 Å². The minimum atomic E-state index is -1.44. The van der Waals surface area contributed by atoms with Gasteiger partial charge >= 0.3 is 11.7 Å². The molecule has 1 aromatic heterocycles. The fourth-order valence-corrected chi connectivity index (χ4v) is 4.53. The van der Waals surface area contributed by atoms with Crippen LogP contribution in [0, 0.1) is 0 Å². The second kappa shape index (κ2) is 10.7. The van der Waals surface area contributed by atoms with E-state index in [0.29, 0.717) is 31.9 Å². The van der Waals surface area contributed by atoms with E-state index < -0.39 is 17.4 Å². The molecule has 7 N–H and O–H groups in total. The van der Waals surface area contributed by atoms with Crippen molar-refractivity contribution in [3.63, 3.8) is 0 Å². The van der Waals surface area contributed by atoms with Crippen molar-refractivity contribution in [2.24, 2.45) is 17.2 Å². The van der Waals surface area contributed by atoms with Crippen LogP contribution in [0.5, 0.6) is 0 Å². The molecule has 0 spiro atoms. The number of carbonyl (C=O) groups excluding carboxylic acids is 2. The highest BCUT2D eigenvalue weighted by molar-refractivity contribution is 5.89. The van der Waals surface area contributed by atoms with Crippen molar-refractivity contribution in [1.82, 2.24) is 24.3 Å². The van der Waals surface area contributed by atoms with Gasteiger partial charge in [-0.3, -0.25) is 14.7 Å². The van der Waals surface area contributed by atoms with E-state index in [1.54, 1.807) is 17.2 Å². The predicted octanol–water partition coefficient (Wildman–Crippen LogP) is -0.882. The molecule has 2 aromatic rings. The number of aromatic nitrogens is 2. The highest BCUT2D eigenvalue weighted by Crippen LogP contribution is 2.14. The van der Waals surface area contributed by atoms with Gasteiger partial charge in [-0.25, -0.2) is 9.59 Å². The van der Waals surface area contributed by atoms with Crippen LogP contribution in [0.3, 0.4) is 0 Å². The Bertz CT molecular complexity index is 1150. The van der Waals surface area contributed by atoms with Crippen molar-refractivity contribution >= 4 is 17.8 Å². The maximum Gasteiger partial charge on any atom is 0.354 e. The van der Waals surface area contributed by atoms with Gasteiger partial charge in [0.25, 0.3) is 5.91 Å². The SMILES string of the molecule is CC(N)(N)C(=O)N1CCN(C(=O)Nc2ccn(-c3cccc(CCN4CC[C@H](N)C4)c3)c(=O)n2)CC1. The molecule has 4 rings (SSSR count). The summed E-state index contributed by atoms with van der Waals surface area (Å²) in [5.41, 5.74) is 17.2. The number of nitrogens with zero attached hydrogens (tertiary/aromatic N) is 5. The molecule has 0 aliphatic carbocycles. The zero-order valence-electron chi connectivity index (χ0n) is 20.6. The predicted molar refractivity (Wildman–Crippen MR) is 137 cm³/mol. The highest BCUT2D eigenvalue weighted by Gasteiger charge is 2.32. The lowest BCUT2D eigenvalue weighted by Gasteiger charge is -2.37. The Morgan fingerprint density at radius 1 is 1.11 bits per heavy atom. The van der Waals surface area contributed by atoms with E-state index in [2.05, 4.69) is 15.2 Å². The van der Waals surface area contributed by atoms with E-state index in [0.717, 1.165) is 38.0 Å². The molecule has 0 saturated carbocycles. The normalized spacial score (nSPS) is 18.9. The minimum absolute atomic E-state index is 0.165.